The van der Waals surface area contributed by atoms with Crippen LogP contribution in [0.3, 0.4) is 0 Å². The number of alkyl halides is 6. The van der Waals surface area contributed by atoms with E-state index >= 15 is 0 Å². The number of nitrogens with zero attached hydrogens (tertiary/aromatic N) is 8. The first-order valence-corrected chi connectivity index (χ1v) is 29.8. The van der Waals surface area contributed by atoms with Crippen LogP contribution in [0.2, 0.25) is 5.28 Å². The van der Waals surface area contributed by atoms with E-state index in [1.165, 1.54) is 0 Å². The van der Waals surface area contributed by atoms with Gasteiger partial charge in [0.2, 0.25) is 11.2 Å². The van der Waals surface area contributed by atoms with Gasteiger partial charge in [-0.3, -0.25) is 0 Å². The molecule has 0 radical (unpaired) electrons. The molecule has 2 atom stereocenters. The largest absolute Gasteiger partial charge is 0.444 e. The highest BCUT2D eigenvalue weighted by Gasteiger charge is 2.38. The Hall–Kier alpha value is -7.11. The van der Waals surface area contributed by atoms with Crippen LogP contribution in [0.1, 0.15) is 78.4 Å². The second kappa shape index (κ2) is 30.2. The van der Waals surface area contributed by atoms with Crippen molar-refractivity contribution in [3.05, 3.63) is 147 Å². The van der Waals surface area contributed by atoms with Crippen LogP contribution in [0.15, 0.2) is 131 Å². The molecule has 4 aromatic heterocycles. The fourth-order valence-electron chi connectivity index (χ4n) is 9.29. The molecule has 464 valence electrons. The molecule has 87 heavy (non-hydrogen) atoms. The topological polar surface area (TPSA) is 227 Å². The van der Waals surface area contributed by atoms with Gasteiger partial charge in [-0.15, -0.1) is 0 Å². The number of anilines is 1. The van der Waals surface area contributed by atoms with Gasteiger partial charge in [0, 0.05) is 105 Å². The van der Waals surface area contributed by atoms with E-state index in [4.69, 9.17) is 43.6 Å². The summed E-state index contributed by atoms with van der Waals surface area (Å²) >= 11 is 11.2. The van der Waals surface area contributed by atoms with E-state index in [1.807, 2.05) is 103 Å². The minimum Gasteiger partial charge on any atom is -0.444 e. The highest BCUT2D eigenvalue weighted by atomic mass is 79.9. The molecule has 6 heterocycles. The van der Waals surface area contributed by atoms with Crippen LogP contribution in [0.25, 0.3) is 55.7 Å². The predicted molar refractivity (Wildman–Crippen MR) is 326 cm³/mol. The van der Waals surface area contributed by atoms with Gasteiger partial charge in [0.1, 0.15) is 22.3 Å². The molecule has 0 spiro atoms. The maximum atomic E-state index is 14.2. The summed E-state index contributed by atoms with van der Waals surface area (Å²) in [4.78, 5) is 43.3. The zero-order chi connectivity index (χ0) is 64.0. The van der Waals surface area contributed by atoms with Crippen molar-refractivity contribution >= 4 is 107 Å². The zero-order valence-corrected chi connectivity index (χ0v) is 53.1. The lowest BCUT2D eigenvalue weighted by atomic mass is 10.1. The quantitative estimate of drug-likeness (QED) is 0.117. The Balaban J connectivity index is 0.000000220. The van der Waals surface area contributed by atoms with Crippen molar-refractivity contribution in [1.29, 1.82) is 0 Å². The third kappa shape index (κ3) is 19.4. The number of piperidine rings is 2. The number of hydrogen-bond donors (Lipinski definition) is 2. The first-order chi connectivity index (χ1) is 40.9. The number of ether oxygens (including phenoxy) is 2. The van der Waals surface area contributed by atoms with E-state index in [2.05, 4.69) is 57.1 Å². The molecule has 0 aliphatic carbocycles. The number of amides is 2. The normalized spacial score (nSPS) is 15.2. The number of para-hydroxylation sites is 2. The van der Waals surface area contributed by atoms with Crippen LogP contribution in [0.5, 0.6) is 0 Å². The van der Waals surface area contributed by atoms with E-state index in [-0.39, 0.29) is 40.8 Å². The second-order valence-corrected chi connectivity index (χ2v) is 24.0. The maximum Gasteiger partial charge on any atom is 0.419 e. The Morgan fingerprint density at radius 2 is 1.03 bits per heavy atom. The van der Waals surface area contributed by atoms with Crippen molar-refractivity contribution in [3.8, 4) is 33.9 Å². The number of halogens is 9. The lowest BCUT2D eigenvalue weighted by Crippen LogP contribution is -2.47. The Kier molecular flexibility index (Phi) is 24.0. The second-order valence-electron chi connectivity index (χ2n) is 21.5. The average molecular weight is 1400 g/mol. The Bertz CT molecular complexity index is 3740. The first-order valence-electron chi connectivity index (χ1n) is 26.5. The van der Waals surface area contributed by atoms with E-state index in [0.29, 0.717) is 54.4 Å². The molecular weight excluding hydrogens is 1340 g/mol. The van der Waals surface area contributed by atoms with Crippen molar-refractivity contribution in [3.63, 3.8) is 0 Å². The SMILES string of the molecule is CC(C)(C)OC(=O)N1CCC[C@H](N)C1.CC(C)(C)OC(=O)N1CCC[C@H](Nc2ncc(C(F)(F)F)c(-c3cn(-c4ccccc4)c4cc(Br)ccc34)n2)C1.FC(F)(F)c1cnc(Cl)nc1-c1cn(-c2ccccc2)c2cc(Br)ccc12.O=S=O.O=S=O. The molecule has 0 saturated carbocycles. The van der Waals surface area contributed by atoms with Crippen LogP contribution in [0, 0.1) is 0 Å². The lowest BCUT2D eigenvalue weighted by Gasteiger charge is -2.34. The van der Waals surface area contributed by atoms with Crippen LogP contribution < -0.4 is 11.1 Å². The van der Waals surface area contributed by atoms with Gasteiger partial charge in [-0.2, -0.15) is 43.2 Å². The summed E-state index contributed by atoms with van der Waals surface area (Å²) in [6.45, 7) is 13.3. The van der Waals surface area contributed by atoms with Crippen LogP contribution in [-0.4, -0.2) is 117 Å². The number of hydrogen-bond acceptors (Lipinski definition) is 14. The van der Waals surface area contributed by atoms with E-state index in [0.717, 1.165) is 63.1 Å². The molecular formula is C58H59Br2ClF6N10O8S2. The van der Waals surface area contributed by atoms with Crippen molar-refractivity contribution < 1.29 is 62.2 Å². The molecule has 2 aliphatic heterocycles. The number of rotatable bonds is 6. The lowest BCUT2D eigenvalue weighted by molar-refractivity contribution is -0.138. The molecule has 2 aliphatic rings. The number of nitrogens with one attached hydrogen (secondary N) is 1. The van der Waals surface area contributed by atoms with Crippen molar-refractivity contribution in [1.82, 2.24) is 38.9 Å². The van der Waals surface area contributed by atoms with Crippen molar-refractivity contribution in [2.75, 3.05) is 31.5 Å². The van der Waals surface area contributed by atoms with Gasteiger partial charge in [0.25, 0.3) is 0 Å². The van der Waals surface area contributed by atoms with E-state index in [9.17, 15) is 35.9 Å². The van der Waals surface area contributed by atoms with Gasteiger partial charge in [-0.05, 0) is 127 Å². The summed E-state index contributed by atoms with van der Waals surface area (Å²) in [7, 11) is 0. The van der Waals surface area contributed by atoms with Crippen molar-refractivity contribution in [2.45, 2.75) is 103 Å². The summed E-state index contributed by atoms with van der Waals surface area (Å²) in [6, 6.07) is 29.4. The van der Waals surface area contributed by atoms with Crippen LogP contribution in [0.4, 0.5) is 41.9 Å². The van der Waals surface area contributed by atoms with Crippen LogP contribution in [-0.2, 0) is 45.0 Å². The Labute approximate surface area is 525 Å². The Morgan fingerprint density at radius 3 is 1.46 bits per heavy atom. The molecule has 10 rings (SSSR count). The van der Waals surface area contributed by atoms with Gasteiger partial charge in [-0.25, -0.2) is 29.5 Å². The predicted octanol–water partition coefficient (Wildman–Crippen LogP) is 14.2. The molecule has 29 heteroatoms. The third-order valence-corrected chi connectivity index (χ3v) is 14.0. The summed E-state index contributed by atoms with van der Waals surface area (Å²) < 4.78 is 132. The Morgan fingerprint density at radius 1 is 0.621 bits per heavy atom. The maximum absolute atomic E-state index is 14.2. The molecule has 4 aromatic carbocycles. The van der Waals surface area contributed by atoms with Gasteiger partial charge in [0.15, 0.2) is 0 Å². The number of aromatic nitrogens is 6. The standard InChI is InChI=1S/C29H29BrF3N5O2.C19H10BrClF3N3.C10H20N2O2.2O2S/c1-28(2,3)40-27(39)37-13-7-8-19(16-37)35-26-34-15-23(29(31,32)33)25(36-26)22-17-38(20-9-5-4-6-10-20)24-14-18(30)11-12-21(22)24;20-11-6-7-13-14(17-15(19(22,23)24)9-25-18(21)26-17)10-27(16(13)8-11)12-4-2-1-3-5-12;1-10(2,3)14-9(13)12-6-4-5-8(11)7-12;2*1-3-2/h4-6,9-12,14-15,17,19H,7-8,13,16H2,1-3H3,(H,34,35,36);1-10H;8H,4-7,11H2,1-3H3;;/t19-;;8-;;/m0.0../s1. The number of benzene rings is 4. The number of carbonyl (C=O) groups is 2. The van der Waals surface area contributed by atoms with Gasteiger partial charge in [0.05, 0.1) is 22.4 Å². The molecule has 0 bridgehead atoms. The fraction of sp³-hybridized carbons (Fsp3) is 0.345. The van der Waals surface area contributed by atoms with Crippen molar-refractivity contribution in [2.24, 2.45) is 5.73 Å². The fourth-order valence-corrected chi connectivity index (χ4v) is 10.1. The third-order valence-electron chi connectivity index (χ3n) is 12.8. The number of nitrogens with two attached hydrogens (primary N) is 1. The summed E-state index contributed by atoms with van der Waals surface area (Å²) in [5.41, 5.74) is 6.19. The number of likely N-dealkylation sites (tertiary alicyclic amines) is 2. The molecule has 0 unspecified atom stereocenters. The molecule has 8 aromatic rings. The zero-order valence-electron chi connectivity index (χ0n) is 47.5. The summed E-state index contributed by atoms with van der Waals surface area (Å²) in [5, 5.41) is 4.17. The highest BCUT2D eigenvalue weighted by molar-refractivity contribution is 9.10. The van der Waals surface area contributed by atoms with Gasteiger partial charge in [-0.1, -0.05) is 80.4 Å². The number of fused-ring (bicyclic) bond motifs is 2. The van der Waals surface area contributed by atoms with Crippen LogP contribution >= 0.6 is 43.5 Å². The smallest absolute Gasteiger partial charge is 0.419 e. The van der Waals surface area contributed by atoms with Gasteiger partial charge < -0.3 is 39.5 Å². The van der Waals surface area contributed by atoms with E-state index in [1.54, 1.807) is 67.2 Å². The van der Waals surface area contributed by atoms with Gasteiger partial charge >= 0.3 is 47.7 Å². The first kappa shape index (κ1) is 69.0. The van der Waals surface area contributed by atoms with E-state index < -0.39 is 63.9 Å². The molecule has 2 fully saturated rings. The monoisotopic (exact) mass is 1390 g/mol. The molecule has 18 nitrogen and oxygen atoms in total. The summed E-state index contributed by atoms with van der Waals surface area (Å²) in [5.74, 6) is 0.0664. The number of carbonyl (C=O) groups excluding carboxylic acids is 2. The summed E-state index contributed by atoms with van der Waals surface area (Å²) in [6.07, 6.45) is -1.68. The minimum atomic E-state index is -4.66. The highest BCUT2D eigenvalue weighted by Crippen LogP contribution is 2.43. The average Bonchev–Trinajstić information content (AvgIpc) is 1.77. The molecule has 2 saturated heterocycles. The minimum absolute atomic E-state index is 0.0664. The molecule has 3 N–H and O–H groups in total. The molecule has 2 amide bonds.